The summed E-state index contributed by atoms with van der Waals surface area (Å²) in [5.74, 6) is 1.74. The number of hydrogen-bond acceptors (Lipinski definition) is 3. The zero-order valence-electron chi connectivity index (χ0n) is 14.6. The first-order valence-electron chi connectivity index (χ1n) is 9.21. The van der Waals surface area contributed by atoms with E-state index < -0.39 is 0 Å². The maximum Gasteiger partial charge on any atom is 0.222 e. The average molecular weight is 333 g/mol. The summed E-state index contributed by atoms with van der Waals surface area (Å²) in [4.78, 5) is 19.1. The van der Waals surface area contributed by atoms with Crippen LogP contribution in [-0.4, -0.2) is 28.9 Å². The lowest BCUT2D eigenvalue weighted by Crippen LogP contribution is -2.42. The molecule has 1 aliphatic carbocycles. The van der Waals surface area contributed by atoms with Gasteiger partial charge in [-0.3, -0.25) is 9.78 Å². The Kier molecular flexibility index (Phi) is 4.17. The fourth-order valence-electron chi connectivity index (χ4n) is 4.12. The van der Waals surface area contributed by atoms with E-state index in [2.05, 4.69) is 28.9 Å². The van der Waals surface area contributed by atoms with E-state index in [0.29, 0.717) is 29.2 Å². The van der Waals surface area contributed by atoms with Crippen LogP contribution in [0.25, 0.3) is 10.9 Å². The fourth-order valence-corrected chi connectivity index (χ4v) is 4.12. The van der Waals surface area contributed by atoms with Gasteiger partial charge < -0.3 is 4.90 Å². The number of likely N-dealkylation sites (tertiary alicyclic amines) is 1. The normalized spacial score (nSPS) is 23.4. The van der Waals surface area contributed by atoms with Gasteiger partial charge >= 0.3 is 0 Å². The topological polar surface area (TPSA) is 57.0 Å². The van der Waals surface area contributed by atoms with Gasteiger partial charge in [0.1, 0.15) is 6.07 Å². The van der Waals surface area contributed by atoms with Crippen molar-refractivity contribution in [3.8, 4) is 6.07 Å². The number of piperidine rings is 1. The molecular weight excluding hydrogens is 310 g/mol. The lowest BCUT2D eigenvalue weighted by Gasteiger charge is -2.37. The minimum absolute atomic E-state index is 0.311. The number of fused-ring (bicyclic) bond motifs is 1. The van der Waals surface area contributed by atoms with Gasteiger partial charge in [0.15, 0.2) is 0 Å². The predicted octanol–water partition coefficient (Wildman–Crippen LogP) is 3.86. The van der Waals surface area contributed by atoms with Gasteiger partial charge in [-0.25, -0.2) is 0 Å². The molecule has 1 aromatic heterocycles. The Morgan fingerprint density at radius 2 is 2.16 bits per heavy atom. The summed E-state index contributed by atoms with van der Waals surface area (Å²) in [7, 11) is 0. The number of hydrogen-bond donors (Lipinski definition) is 0. The summed E-state index contributed by atoms with van der Waals surface area (Å²) in [5, 5.41) is 10.4. The van der Waals surface area contributed by atoms with Crippen LogP contribution in [0.15, 0.2) is 30.5 Å². The quantitative estimate of drug-likeness (QED) is 0.857. The molecule has 128 valence electrons. The van der Waals surface area contributed by atoms with Crippen LogP contribution in [0.4, 0.5) is 0 Å². The number of nitrogens with zero attached hydrogens (tertiary/aromatic N) is 3. The molecule has 4 nitrogen and oxygen atoms in total. The van der Waals surface area contributed by atoms with Crippen LogP contribution < -0.4 is 0 Å². The number of benzene rings is 1. The van der Waals surface area contributed by atoms with Gasteiger partial charge in [0, 0.05) is 37.0 Å². The molecule has 2 atom stereocenters. The highest BCUT2D eigenvalue weighted by Gasteiger charge is 2.32. The van der Waals surface area contributed by atoms with Crippen molar-refractivity contribution in [2.45, 2.75) is 38.5 Å². The third kappa shape index (κ3) is 3.24. The Morgan fingerprint density at radius 3 is 2.92 bits per heavy atom. The van der Waals surface area contributed by atoms with E-state index in [4.69, 9.17) is 0 Å². The van der Waals surface area contributed by atoms with Gasteiger partial charge in [0.05, 0.1) is 11.1 Å². The van der Waals surface area contributed by atoms with Crippen LogP contribution in [0.5, 0.6) is 0 Å². The number of amides is 1. The van der Waals surface area contributed by atoms with E-state index in [1.807, 2.05) is 18.2 Å². The van der Waals surface area contributed by atoms with E-state index in [1.54, 1.807) is 6.20 Å². The van der Waals surface area contributed by atoms with Gasteiger partial charge in [-0.2, -0.15) is 5.26 Å². The third-order valence-corrected chi connectivity index (χ3v) is 5.54. The largest absolute Gasteiger partial charge is 0.342 e. The van der Waals surface area contributed by atoms with Crippen molar-refractivity contribution in [2.75, 3.05) is 13.1 Å². The van der Waals surface area contributed by atoms with Crippen molar-refractivity contribution in [1.29, 1.82) is 5.26 Å². The minimum atomic E-state index is 0.311. The van der Waals surface area contributed by atoms with E-state index in [1.165, 1.54) is 18.4 Å². The summed E-state index contributed by atoms with van der Waals surface area (Å²) in [6, 6.07) is 10.2. The second-order valence-electron chi connectivity index (χ2n) is 7.70. The SMILES string of the molecule is CC1CC(c2ccc(C#N)c3ncccc23)CN(C(=O)CC2CC2)C1. The van der Waals surface area contributed by atoms with E-state index in [0.717, 1.165) is 36.8 Å². The molecule has 2 aromatic rings. The first-order chi connectivity index (χ1) is 12.2. The molecule has 0 bridgehead atoms. The molecular formula is C21H23N3O. The molecule has 2 heterocycles. The molecule has 0 N–H and O–H groups in total. The van der Waals surface area contributed by atoms with Crippen LogP contribution in [0.3, 0.4) is 0 Å². The smallest absolute Gasteiger partial charge is 0.222 e. The molecule has 0 spiro atoms. The van der Waals surface area contributed by atoms with Crippen molar-refractivity contribution in [3.05, 3.63) is 41.6 Å². The van der Waals surface area contributed by atoms with Crippen molar-refractivity contribution >= 4 is 16.8 Å². The summed E-state index contributed by atoms with van der Waals surface area (Å²) < 4.78 is 0. The van der Waals surface area contributed by atoms with Crippen LogP contribution in [0.1, 0.15) is 49.7 Å². The summed E-state index contributed by atoms with van der Waals surface area (Å²) >= 11 is 0. The zero-order chi connectivity index (χ0) is 17.4. The first-order valence-corrected chi connectivity index (χ1v) is 9.21. The van der Waals surface area contributed by atoms with E-state index in [9.17, 15) is 10.1 Å². The van der Waals surface area contributed by atoms with Gasteiger partial charge in [-0.15, -0.1) is 0 Å². The van der Waals surface area contributed by atoms with Gasteiger partial charge in [-0.1, -0.05) is 19.1 Å². The Morgan fingerprint density at radius 1 is 1.32 bits per heavy atom. The maximum absolute atomic E-state index is 12.6. The molecule has 2 unspecified atom stereocenters. The summed E-state index contributed by atoms with van der Waals surface area (Å²) in [6.45, 7) is 3.88. The maximum atomic E-state index is 12.6. The minimum Gasteiger partial charge on any atom is -0.342 e. The highest BCUT2D eigenvalue weighted by atomic mass is 16.2. The van der Waals surface area contributed by atoms with Crippen LogP contribution in [0.2, 0.25) is 0 Å². The molecule has 1 aromatic carbocycles. The Balaban J connectivity index is 1.65. The highest BCUT2D eigenvalue weighted by Crippen LogP contribution is 2.37. The summed E-state index contributed by atoms with van der Waals surface area (Å²) in [5.41, 5.74) is 2.61. The third-order valence-electron chi connectivity index (χ3n) is 5.54. The summed E-state index contributed by atoms with van der Waals surface area (Å²) in [6.07, 6.45) is 5.95. The fraction of sp³-hybridized carbons (Fsp3) is 0.476. The van der Waals surface area contributed by atoms with Crippen molar-refractivity contribution < 1.29 is 4.79 Å². The lowest BCUT2D eigenvalue weighted by molar-refractivity contribution is -0.133. The molecule has 2 aliphatic rings. The molecule has 1 amide bonds. The molecule has 25 heavy (non-hydrogen) atoms. The zero-order valence-corrected chi connectivity index (χ0v) is 14.6. The second kappa shape index (κ2) is 6.48. The molecule has 1 saturated carbocycles. The van der Waals surface area contributed by atoms with Crippen molar-refractivity contribution in [2.24, 2.45) is 11.8 Å². The van der Waals surface area contributed by atoms with Crippen molar-refractivity contribution in [1.82, 2.24) is 9.88 Å². The number of nitriles is 1. The second-order valence-corrected chi connectivity index (χ2v) is 7.70. The van der Waals surface area contributed by atoms with Gasteiger partial charge in [0.2, 0.25) is 5.91 Å². The van der Waals surface area contributed by atoms with Crippen molar-refractivity contribution in [3.63, 3.8) is 0 Å². The molecule has 1 saturated heterocycles. The number of rotatable bonds is 3. The van der Waals surface area contributed by atoms with Crippen LogP contribution in [-0.2, 0) is 4.79 Å². The van der Waals surface area contributed by atoms with Gasteiger partial charge in [-0.05, 0) is 48.8 Å². The Labute approximate surface area is 148 Å². The van der Waals surface area contributed by atoms with Crippen LogP contribution in [0, 0.1) is 23.2 Å². The molecule has 1 aliphatic heterocycles. The number of carbonyl (C=O) groups is 1. The van der Waals surface area contributed by atoms with Crippen LogP contribution >= 0.6 is 0 Å². The van der Waals surface area contributed by atoms with E-state index in [-0.39, 0.29) is 0 Å². The molecule has 4 heteroatoms. The standard InChI is InChI=1S/C21H23N3O/c1-14-9-17(13-24(12-14)20(25)10-15-4-5-15)18-7-6-16(11-22)21-19(18)3-2-8-23-21/h2-3,6-8,14-15,17H,4-5,9-10,12-13H2,1H3. The lowest BCUT2D eigenvalue weighted by atomic mass is 9.83. The number of pyridine rings is 1. The Hall–Kier alpha value is -2.41. The molecule has 0 radical (unpaired) electrons. The number of carbonyl (C=O) groups excluding carboxylic acids is 1. The predicted molar refractivity (Wildman–Crippen MR) is 96.9 cm³/mol. The molecule has 2 fully saturated rings. The average Bonchev–Trinajstić information content (AvgIpc) is 3.44. The monoisotopic (exact) mass is 333 g/mol. The van der Waals surface area contributed by atoms with E-state index >= 15 is 0 Å². The molecule has 4 rings (SSSR count). The number of aromatic nitrogens is 1. The first kappa shape index (κ1) is 16.1. The highest BCUT2D eigenvalue weighted by molar-refractivity contribution is 5.87. The van der Waals surface area contributed by atoms with Gasteiger partial charge in [0.25, 0.3) is 0 Å². The Bertz CT molecular complexity index is 850.